The van der Waals surface area contributed by atoms with Crippen molar-refractivity contribution in [2.24, 2.45) is 5.73 Å². The van der Waals surface area contributed by atoms with Crippen LogP contribution in [0.15, 0.2) is 42.6 Å². The van der Waals surface area contributed by atoms with Crippen molar-refractivity contribution in [3.05, 3.63) is 59.3 Å². The smallest absolute Gasteiger partial charge is 0.248 e. The second-order valence-corrected chi connectivity index (χ2v) is 8.60. The van der Waals surface area contributed by atoms with Gasteiger partial charge < -0.3 is 24.7 Å². The van der Waals surface area contributed by atoms with E-state index in [2.05, 4.69) is 21.7 Å². The van der Waals surface area contributed by atoms with E-state index < -0.39 is 5.91 Å². The molecule has 4 rings (SSSR count). The van der Waals surface area contributed by atoms with Gasteiger partial charge in [-0.05, 0) is 61.4 Å². The van der Waals surface area contributed by atoms with Crippen molar-refractivity contribution in [1.29, 1.82) is 0 Å². The zero-order valence-electron chi connectivity index (χ0n) is 19.5. The summed E-state index contributed by atoms with van der Waals surface area (Å²) in [6, 6.07) is 11.8. The molecule has 0 bridgehead atoms. The van der Waals surface area contributed by atoms with Crippen molar-refractivity contribution in [3.8, 4) is 11.5 Å². The largest absolute Gasteiger partial charge is 0.496 e. The highest BCUT2D eigenvalue weighted by Gasteiger charge is 2.22. The molecule has 1 aliphatic heterocycles. The second kappa shape index (κ2) is 9.67. The number of aromatic nitrogens is 1. The number of rotatable bonds is 8. The van der Waals surface area contributed by atoms with Crippen LogP contribution in [0.5, 0.6) is 11.5 Å². The fraction of sp³-hybridized carbons (Fsp3) is 0.385. The van der Waals surface area contributed by atoms with E-state index in [-0.39, 0.29) is 5.78 Å². The Morgan fingerprint density at radius 1 is 1.03 bits per heavy atom. The summed E-state index contributed by atoms with van der Waals surface area (Å²) in [5, 5.41) is 1.12. The molecular weight excluding hydrogens is 418 g/mol. The summed E-state index contributed by atoms with van der Waals surface area (Å²) in [5.74, 6) is 0.870. The highest BCUT2D eigenvalue weighted by atomic mass is 16.5. The molecule has 0 atom stereocenters. The van der Waals surface area contributed by atoms with Gasteiger partial charge in [0, 0.05) is 49.0 Å². The second-order valence-electron chi connectivity index (χ2n) is 8.60. The SMILES string of the molecule is COc1cc(OC)c(C(C)=O)cc1CCN1CCC(n2ccc3ccc(C(N)=O)cc32)CC1. The van der Waals surface area contributed by atoms with Gasteiger partial charge >= 0.3 is 0 Å². The molecule has 0 radical (unpaired) electrons. The number of ether oxygens (including phenoxy) is 2. The fourth-order valence-corrected chi connectivity index (χ4v) is 4.76. The molecule has 1 saturated heterocycles. The van der Waals surface area contributed by atoms with E-state index in [1.54, 1.807) is 33.3 Å². The summed E-state index contributed by atoms with van der Waals surface area (Å²) in [7, 11) is 3.20. The van der Waals surface area contributed by atoms with Crippen molar-refractivity contribution in [2.45, 2.75) is 32.2 Å². The number of benzene rings is 2. The van der Waals surface area contributed by atoms with Gasteiger partial charge in [0.1, 0.15) is 11.5 Å². The Kier molecular flexibility index (Phi) is 6.70. The molecule has 33 heavy (non-hydrogen) atoms. The van der Waals surface area contributed by atoms with E-state index in [1.807, 2.05) is 18.2 Å². The Hall–Kier alpha value is -3.32. The maximum Gasteiger partial charge on any atom is 0.248 e. The third-order valence-corrected chi connectivity index (χ3v) is 6.64. The van der Waals surface area contributed by atoms with Crippen molar-refractivity contribution in [1.82, 2.24) is 9.47 Å². The van der Waals surface area contributed by atoms with Crippen LogP contribution < -0.4 is 15.2 Å². The maximum absolute atomic E-state index is 12.0. The average molecular weight is 450 g/mol. The number of carbonyl (C=O) groups excluding carboxylic acids is 2. The molecule has 174 valence electrons. The van der Waals surface area contributed by atoms with Crippen LogP contribution in [-0.4, -0.2) is 55.0 Å². The molecular formula is C26H31N3O4. The third-order valence-electron chi connectivity index (χ3n) is 6.64. The zero-order chi connectivity index (χ0) is 23.5. The normalized spacial score (nSPS) is 15.0. The lowest BCUT2D eigenvalue weighted by Gasteiger charge is -2.33. The lowest BCUT2D eigenvalue weighted by atomic mass is 10.0. The minimum Gasteiger partial charge on any atom is -0.496 e. The minimum absolute atomic E-state index is 0.0185. The molecule has 1 aromatic heterocycles. The first-order valence-corrected chi connectivity index (χ1v) is 11.3. The van der Waals surface area contributed by atoms with Crippen LogP contribution in [0.4, 0.5) is 0 Å². The van der Waals surface area contributed by atoms with Gasteiger partial charge in [-0.2, -0.15) is 0 Å². The fourth-order valence-electron chi connectivity index (χ4n) is 4.76. The van der Waals surface area contributed by atoms with Gasteiger partial charge in [-0.3, -0.25) is 9.59 Å². The zero-order valence-corrected chi connectivity index (χ0v) is 19.5. The molecule has 0 unspecified atom stereocenters. The summed E-state index contributed by atoms with van der Waals surface area (Å²) in [5.41, 5.74) is 8.67. The highest BCUT2D eigenvalue weighted by Crippen LogP contribution is 2.31. The van der Waals surface area contributed by atoms with Crippen molar-refractivity contribution >= 4 is 22.6 Å². The van der Waals surface area contributed by atoms with Crippen LogP contribution in [0.1, 0.15) is 52.1 Å². The predicted molar refractivity (Wildman–Crippen MR) is 128 cm³/mol. The van der Waals surface area contributed by atoms with Crippen LogP contribution >= 0.6 is 0 Å². The van der Waals surface area contributed by atoms with Crippen LogP contribution in [0.3, 0.4) is 0 Å². The number of Topliss-reactive ketones (excluding diaryl/α,β-unsaturated/α-hetero) is 1. The summed E-state index contributed by atoms with van der Waals surface area (Å²) >= 11 is 0. The number of nitrogens with two attached hydrogens (primary N) is 1. The molecule has 0 saturated carbocycles. The quantitative estimate of drug-likeness (QED) is 0.528. The van der Waals surface area contributed by atoms with E-state index in [9.17, 15) is 9.59 Å². The van der Waals surface area contributed by atoms with E-state index in [0.717, 1.165) is 61.1 Å². The summed E-state index contributed by atoms with van der Waals surface area (Å²) in [4.78, 5) is 26.1. The number of piperidine rings is 1. The van der Waals surface area contributed by atoms with E-state index in [4.69, 9.17) is 15.2 Å². The Bertz CT molecular complexity index is 1180. The van der Waals surface area contributed by atoms with Gasteiger partial charge in [0.25, 0.3) is 0 Å². The number of primary amides is 1. The van der Waals surface area contributed by atoms with Crippen molar-refractivity contribution < 1.29 is 19.1 Å². The van der Waals surface area contributed by atoms with Crippen LogP contribution in [0.2, 0.25) is 0 Å². The number of methoxy groups -OCH3 is 2. The van der Waals surface area contributed by atoms with E-state index in [0.29, 0.717) is 22.9 Å². The maximum atomic E-state index is 12.0. The molecule has 0 aliphatic carbocycles. The Balaban J connectivity index is 1.42. The molecule has 0 spiro atoms. The average Bonchev–Trinajstić information content (AvgIpc) is 3.25. The Morgan fingerprint density at radius 2 is 1.76 bits per heavy atom. The molecule has 1 fully saturated rings. The van der Waals surface area contributed by atoms with Gasteiger partial charge in [-0.1, -0.05) is 6.07 Å². The minimum atomic E-state index is -0.402. The van der Waals surface area contributed by atoms with Crippen LogP contribution in [0.25, 0.3) is 10.9 Å². The molecule has 7 heteroatoms. The molecule has 2 aromatic carbocycles. The topological polar surface area (TPSA) is 86.8 Å². The lowest BCUT2D eigenvalue weighted by Crippen LogP contribution is -2.35. The molecule has 1 amide bonds. The number of hydrogen-bond acceptors (Lipinski definition) is 5. The number of ketones is 1. The highest BCUT2D eigenvalue weighted by molar-refractivity contribution is 5.97. The first-order chi connectivity index (χ1) is 15.9. The number of carbonyl (C=O) groups is 2. The monoisotopic (exact) mass is 449 g/mol. The van der Waals surface area contributed by atoms with E-state index in [1.165, 1.54) is 0 Å². The molecule has 7 nitrogen and oxygen atoms in total. The number of likely N-dealkylation sites (tertiary alicyclic amines) is 1. The van der Waals surface area contributed by atoms with E-state index >= 15 is 0 Å². The standard InChI is InChI=1S/C26H31N3O4/c1-17(30)22-14-19(24(32-2)16-25(22)33-3)6-10-28-11-8-21(9-12-28)29-13-7-18-4-5-20(26(27)31)15-23(18)29/h4-5,7,13-16,21H,6,8-12H2,1-3H3,(H2,27,31). The number of hydrogen-bond donors (Lipinski definition) is 1. The summed E-state index contributed by atoms with van der Waals surface area (Å²) in [6.07, 6.45) is 4.97. The van der Waals surface area contributed by atoms with Gasteiger partial charge in [-0.15, -0.1) is 0 Å². The lowest BCUT2D eigenvalue weighted by molar-refractivity contribution is 0.0995. The first-order valence-electron chi connectivity index (χ1n) is 11.3. The van der Waals surface area contributed by atoms with Gasteiger partial charge in [0.2, 0.25) is 5.91 Å². The van der Waals surface area contributed by atoms with Crippen molar-refractivity contribution in [2.75, 3.05) is 33.9 Å². The molecule has 2 heterocycles. The molecule has 2 N–H and O–H groups in total. The van der Waals surface area contributed by atoms with Crippen molar-refractivity contribution in [3.63, 3.8) is 0 Å². The summed E-state index contributed by atoms with van der Waals surface area (Å²) in [6.45, 7) is 4.41. The number of amides is 1. The molecule has 3 aromatic rings. The predicted octanol–water partition coefficient (Wildman–Crippen LogP) is 3.84. The Labute approximate surface area is 194 Å². The van der Waals surface area contributed by atoms with Gasteiger partial charge in [-0.25, -0.2) is 0 Å². The van der Waals surface area contributed by atoms with Crippen LogP contribution in [-0.2, 0) is 6.42 Å². The summed E-state index contributed by atoms with van der Waals surface area (Å²) < 4.78 is 13.2. The van der Waals surface area contributed by atoms with Gasteiger partial charge in [0.05, 0.1) is 19.8 Å². The third kappa shape index (κ3) is 4.73. The number of fused-ring (bicyclic) bond motifs is 1. The van der Waals surface area contributed by atoms with Gasteiger partial charge in [0.15, 0.2) is 5.78 Å². The Morgan fingerprint density at radius 3 is 2.39 bits per heavy atom. The number of nitrogens with zero attached hydrogens (tertiary/aromatic N) is 2. The van der Waals surface area contributed by atoms with Crippen LogP contribution in [0, 0.1) is 0 Å². The first kappa shape index (κ1) is 22.9. The molecule has 1 aliphatic rings.